The van der Waals surface area contributed by atoms with Crippen LogP contribution in [0.25, 0.3) is 17.0 Å². The summed E-state index contributed by atoms with van der Waals surface area (Å²) in [6, 6.07) is 3.74. The van der Waals surface area contributed by atoms with Gasteiger partial charge in [-0.05, 0) is 49.3 Å². The zero-order chi connectivity index (χ0) is 15.1. The highest BCUT2D eigenvalue weighted by molar-refractivity contribution is 7.80. The third-order valence-electron chi connectivity index (χ3n) is 3.27. The number of carbonyl (C=O) groups excluding carboxylic acids is 1. The fourth-order valence-electron chi connectivity index (χ4n) is 2.37. The lowest BCUT2D eigenvalue weighted by molar-refractivity contribution is -0.115. The van der Waals surface area contributed by atoms with Crippen LogP contribution in [0, 0.1) is 13.8 Å². The van der Waals surface area contributed by atoms with Crippen molar-refractivity contribution in [3.63, 3.8) is 0 Å². The van der Waals surface area contributed by atoms with E-state index in [-0.39, 0.29) is 22.1 Å². The van der Waals surface area contributed by atoms with Gasteiger partial charge in [0.25, 0.3) is 5.91 Å². The third kappa shape index (κ3) is 2.34. The summed E-state index contributed by atoms with van der Waals surface area (Å²) in [5.74, 6) is -0.361. The predicted molar refractivity (Wildman–Crippen MR) is 83.8 cm³/mol. The minimum atomic E-state index is -0.361. The van der Waals surface area contributed by atoms with Crippen LogP contribution in [0.2, 0.25) is 0 Å². The fraction of sp³-hybridized carbons (Fsp3) is 0.133. The number of thiocarbonyl (C=S) groups is 1. The number of aryl methyl sites for hydroxylation is 2. The van der Waals surface area contributed by atoms with E-state index >= 15 is 0 Å². The fourth-order valence-corrected chi connectivity index (χ4v) is 2.58. The first-order chi connectivity index (χ1) is 9.95. The summed E-state index contributed by atoms with van der Waals surface area (Å²) in [5, 5.41) is 5.89. The molecule has 1 aliphatic rings. The maximum absolute atomic E-state index is 12.5. The van der Waals surface area contributed by atoms with Gasteiger partial charge < -0.3 is 9.73 Å². The average molecular weight is 300 g/mol. The largest absolute Gasteiger partial charge is 0.463 e. The molecule has 2 aromatic rings. The molecule has 2 heterocycles. The molecule has 1 fully saturated rings. The Morgan fingerprint density at radius 3 is 2.62 bits per heavy atom. The number of fused-ring (bicyclic) bond motifs is 1. The highest BCUT2D eigenvalue weighted by Crippen LogP contribution is 2.19. The van der Waals surface area contributed by atoms with Crippen molar-refractivity contribution in [3.05, 3.63) is 51.0 Å². The monoisotopic (exact) mass is 300 g/mol. The lowest BCUT2D eigenvalue weighted by Crippen LogP contribution is -2.21. The predicted octanol–water partition coefficient (Wildman–Crippen LogP) is 1.76. The summed E-state index contributed by atoms with van der Waals surface area (Å²) >= 11 is 4.85. The smallest absolute Gasteiger partial charge is 0.273 e. The summed E-state index contributed by atoms with van der Waals surface area (Å²) < 4.78 is 5.52. The molecule has 21 heavy (non-hydrogen) atoms. The highest BCUT2D eigenvalue weighted by Gasteiger charge is 2.21. The summed E-state index contributed by atoms with van der Waals surface area (Å²) in [7, 11) is 0. The second-order valence-electron chi connectivity index (χ2n) is 4.94. The van der Waals surface area contributed by atoms with Gasteiger partial charge >= 0.3 is 0 Å². The van der Waals surface area contributed by atoms with Crippen LogP contribution in [0.1, 0.15) is 16.7 Å². The minimum absolute atomic E-state index is 0.173. The Kier molecular flexibility index (Phi) is 3.10. The number of rotatable bonds is 1. The standard InChI is InChI=1S/C15H12N2O3S/c1-7-3-8(2)12-11(4-7)20-6-9(13(12)18)5-10-14(19)17-15(21)16-10/h3-6H,1-2H3,(H2,16,17,19,21)/b10-5+. The van der Waals surface area contributed by atoms with Crippen molar-refractivity contribution in [3.8, 4) is 0 Å². The van der Waals surface area contributed by atoms with E-state index in [2.05, 4.69) is 10.6 Å². The summed E-state index contributed by atoms with van der Waals surface area (Å²) in [4.78, 5) is 24.2. The van der Waals surface area contributed by atoms with Gasteiger partial charge in [-0.15, -0.1) is 0 Å². The van der Waals surface area contributed by atoms with Crippen LogP contribution in [-0.2, 0) is 4.79 Å². The van der Waals surface area contributed by atoms with E-state index in [1.54, 1.807) is 0 Å². The van der Waals surface area contributed by atoms with Gasteiger partial charge in [0.05, 0.1) is 10.9 Å². The van der Waals surface area contributed by atoms with E-state index in [1.165, 1.54) is 12.3 Å². The van der Waals surface area contributed by atoms with E-state index in [1.807, 2.05) is 26.0 Å². The van der Waals surface area contributed by atoms with Gasteiger partial charge in [0, 0.05) is 0 Å². The summed E-state index contributed by atoms with van der Waals surface area (Å²) in [6.07, 6.45) is 2.80. The second-order valence-corrected chi connectivity index (χ2v) is 5.35. The van der Waals surface area contributed by atoms with Crippen LogP contribution in [0.5, 0.6) is 0 Å². The Morgan fingerprint density at radius 2 is 1.95 bits per heavy atom. The number of hydrogen-bond donors (Lipinski definition) is 2. The number of amides is 1. The maximum Gasteiger partial charge on any atom is 0.273 e. The summed E-state index contributed by atoms with van der Waals surface area (Å²) in [5.41, 5.74) is 2.77. The number of benzene rings is 1. The molecule has 0 spiro atoms. The molecule has 0 saturated carbocycles. The van der Waals surface area contributed by atoms with Crippen LogP contribution in [0.4, 0.5) is 0 Å². The maximum atomic E-state index is 12.5. The van der Waals surface area contributed by atoms with Gasteiger partial charge in [0.1, 0.15) is 17.5 Å². The first kappa shape index (κ1) is 13.5. The van der Waals surface area contributed by atoms with Gasteiger partial charge in [0.15, 0.2) is 10.5 Å². The summed E-state index contributed by atoms with van der Waals surface area (Å²) in [6.45, 7) is 3.80. The van der Waals surface area contributed by atoms with E-state index in [0.29, 0.717) is 16.5 Å². The number of hydrogen-bond acceptors (Lipinski definition) is 4. The van der Waals surface area contributed by atoms with Crippen molar-refractivity contribution in [2.75, 3.05) is 0 Å². The van der Waals surface area contributed by atoms with E-state index in [9.17, 15) is 9.59 Å². The molecule has 3 rings (SSSR count). The van der Waals surface area contributed by atoms with Crippen molar-refractivity contribution >= 4 is 40.3 Å². The van der Waals surface area contributed by atoms with Gasteiger partial charge in [-0.25, -0.2) is 0 Å². The molecule has 1 aliphatic heterocycles. The third-order valence-corrected chi connectivity index (χ3v) is 3.47. The van der Waals surface area contributed by atoms with Gasteiger partial charge in [-0.1, -0.05) is 6.07 Å². The lowest BCUT2D eigenvalue weighted by Gasteiger charge is -2.04. The molecule has 0 radical (unpaired) electrons. The van der Waals surface area contributed by atoms with E-state index in [0.717, 1.165) is 11.1 Å². The number of nitrogens with one attached hydrogen (secondary N) is 2. The molecule has 106 valence electrons. The van der Waals surface area contributed by atoms with Crippen molar-refractivity contribution in [1.82, 2.24) is 10.6 Å². The Morgan fingerprint density at radius 1 is 1.19 bits per heavy atom. The molecule has 1 saturated heterocycles. The van der Waals surface area contributed by atoms with E-state index in [4.69, 9.17) is 16.6 Å². The SMILES string of the molecule is Cc1cc(C)c2c(=O)c(/C=C3/NC(=S)NC3=O)coc2c1. The van der Waals surface area contributed by atoms with Gasteiger partial charge in [-0.2, -0.15) is 0 Å². The molecular formula is C15H12N2O3S. The van der Waals surface area contributed by atoms with Gasteiger partial charge in [-0.3, -0.25) is 14.9 Å². The van der Waals surface area contributed by atoms with Crippen LogP contribution in [-0.4, -0.2) is 11.0 Å². The molecule has 0 unspecified atom stereocenters. The molecular weight excluding hydrogens is 288 g/mol. The molecule has 5 nitrogen and oxygen atoms in total. The number of carbonyl (C=O) groups is 1. The molecule has 1 amide bonds. The zero-order valence-corrected chi connectivity index (χ0v) is 12.3. The molecule has 1 aromatic carbocycles. The molecule has 6 heteroatoms. The molecule has 0 aliphatic carbocycles. The van der Waals surface area contributed by atoms with Crippen LogP contribution >= 0.6 is 12.2 Å². The van der Waals surface area contributed by atoms with Crippen molar-refractivity contribution in [1.29, 1.82) is 0 Å². The quantitative estimate of drug-likeness (QED) is 0.620. The second kappa shape index (κ2) is 4.82. The van der Waals surface area contributed by atoms with Crippen LogP contribution in [0.3, 0.4) is 0 Å². The van der Waals surface area contributed by atoms with E-state index < -0.39 is 0 Å². The average Bonchev–Trinajstić information content (AvgIpc) is 2.70. The molecule has 0 bridgehead atoms. The van der Waals surface area contributed by atoms with Crippen LogP contribution in [0.15, 0.2) is 33.3 Å². The molecule has 0 atom stereocenters. The zero-order valence-electron chi connectivity index (χ0n) is 11.4. The first-order valence-electron chi connectivity index (χ1n) is 6.32. The molecule has 2 N–H and O–H groups in total. The van der Waals surface area contributed by atoms with Crippen molar-refractivity contribution in [2.24, 2.45) is 0 Å². The lowest BCUT2D eigenvalue weighted by atomic mass is 10.0. The van der Waals surface area contributed by atoms with Crippen LogP contribution < -0.4 is 16.1 Å². The Hall–Kier alpha value is -2.47. The highest BCUT2D eigenvalue weighted by atomic mass is 32.1. The molecule has 1 aromatic heterocycles. The Balaban J connectivity index is 2.20. The first-order valence-corrected chi connectivity index (χ1v) is 6.73. The van der Waals surface area contributed by atoms with Crippen molar-refractivity contribution in [2.45, 2.75) is 13.8 Å². The Bertz CT molecular complexity index is 880. The topological polar surface area (TPSA) is 71.3 Å². The van der Waals surface area contributed by atoms with Gasteiger partial charge in [0.2, 0.25) is 0 Å². The van der Waals surface area contributed by atoms with Crippen molar-refractivity contribution < 1.29 is 9.21 Å². The minimum Gasteiger partial charge on any atom is -0.463 e. The normalized spacial score (nSPS) is 16.4. The Labute approximate surface area is 125 Å².